The summed E-state index contributed by atoms with van der Waals surface area (Å²) < 4.78 is 48.9. The largest absolute Gasteiger partial charge is 0.485 e. The van der Waals surface area contributed by atoms with Gasteiger partial charge in [-0.3, -0.25) is 4.79 Å². The molecule has 0 spiro atoms. The van der Waals surface area contributed by atoms with E-state index in [9.17, 15) is 18.0 Å². The van der Waals surface area contributed by atoms with E-state index in [-0.39, 0.29) is 19.1 Å². The number of rotatable bonds is 3. The Morgan fingerprint density at radius 2 is 1.76 bits per heavy atom. The van der Waals surface area contributed by atoms with Crippen molar-refractivity contribution in [2.45, 2.75) is 18.8 Å². The van der Waals surface area contributed by atoms with Crippen LogP contribution in [0.4, 0.5) is 13.2 Å². The Labute approximate surface area is 142 Å². The topological polar surface area (TPSA) is 38.8 Å². The van der Waals surface area contributed by atoms with E-state index in [2.05, 4.69) is 0 Å². The van der Waals surface area contributed by atoms with Gasteiger partial charge in [0, 0.05) is 13.6 Å². The van der Waals surface area contributed by atoms with Crippen molar-refractivity contribution in [3.63, 3.8) is 0 Å². The molecule has 3 rings (SSSR count). The molecule has 0 fully saturated rings. The number of ether oxygens (including phenoxy) is 2. The molecule has 4 nitrogen and oxygen atoms in total. The van der Waals surface area contributed by atoms with E-state index in [0.717, 1.165) is 12.1 Å². The molecule has 1 aliphatic heterocycles. The van der Waals surface area contributed by atoms with Crippen molar-refractivity contribution in [3.05, 3.63) is 59.7 Å². The van der Waals surface area contributed by atoms with E-state index in [4.69, 9.17) is 9.47 Å². The van der Waals surface area contributed by atoms with Gasteiger partial charge in [0.25, 0.3) is 5.91 Å². The van der Waals surface area contributed by atoms with Crippen LogP contribution in [0.5, 0.6) is 11.5 Å². The first-order valence-corrected chi connectivity index (χ1v) is 7.64. The van der Waals surface area contributed by atoms with Gasteiger partial charge in [-0.05, 0) is 29.8 Å². The van der Waals surface area contributed by atoms with E-state index in [1.807, 2.05) is 0 Å². The van der Waals surface area contributed by atoms with E-state index in [1.54, 1.807) is 31.3 Å². The summed E-state index contributed by atoms with van der Waals surface area (Å²) in [5, 5.41) is 0. The van der Waals surface area contributed by atoms with Crippen molar-refractivity contribution in [1.82, 2.24) is 4.90 Å². The molecule has 0 bridgehead atoms. The molecule has 7 heteroatoms. The highest BCUT2D eigenvalue weighted by Gasteiger charge is 2.31. The third-order valence-corrected chi connectivity index (χ3v) is 3.86. The Morgan fingerprint density at radius 1 is 1.12 bits per heavy atom. The average molecular weight is 351 g/mol. The minimum atomic E-state index is -4.37. The maximum Gasteiger partial charge on any atom is 0.416 e. The van der Waals surface area contributed by atoms with E-state index in [0.29, 0.717) is 17.1 Å². The molecule has 2 aromatic rings. The number of carbonyl (C=O) groups excluding carboxylic acids is 1. The van der Waals surface area contributed by atoms with Crippen molar-refractivity contribution in [2.75, 3.05) is 13.7 Å². The van der Waals surface area contributed by atoms with Crippen LogP contribution >= 0.6 is 0 Å². The highest BCUT2D eigenvalue weighted by Crippen LogP contribution is 2.31. The number of likely N-dealkylation sites (N-methyl/N-ethyl adjacent to an activating group) is 1. The third kappa shape index (κ3) is 3.87. The highest BCUT2D eigenvalue weighted by molar-refractivity contribution is 5.81. The molecule has 1 atom stereocenters. The number of carbonyl (C=O) groups is 1. The number of fused-ring (bicyclic) bond motifs is 1. The number of hydrogen-bond acceptors (Lipinski definition) is 3. The highest BCUT2D eigenvalue weighted by atomic mass is 19.4. The van der Waals surface area contributed by atoms with E-state index in [1.165, 1.54) is 17.0 Å². The summed E-state index contributed by atoms with van der Waals surface area (Å²) in [6.07, 6.45) is -5.16. The zero-order valence-electron chi connectivity index (χ0n) is 13.4. The van der Waals surface area contributed by atoms with E-state index >= 15 is 0 Å². The Balaban J connectivity index is 1.63. The fraction of sp³-hybridized carbons (Fsp3) is 0.278. The Hall–Kier alpha value is -2.70. The first-order chi connectivity index (χ1) is 11.8. The maximum absolute atomic E-state index is 12.6. The number of benzene rings is 2. The minimum Gasteiger partial charge on any atom is -0.485 e. The molecule has 0 saturated heterocycles. The van der Waals surface area contributed by atoms with Crippen LogP contribution in [0, 0.1) is 0 Å². The van der Waals surface area contributed by atoms with Crippen LogP contribution in [-0.4, -0.2) is 30.6 Å². The zero-order chi connectivity index (χ0) is 18.0. The monoisotopic (exact) mass is 351 g/mol. The van der Waals surface area contributed by atoms with Gasteiger partial charge in [-0.2, -0.15) is 13.2 Å². The molecule has 0 N–H and O–H groups in total. The van der Waals surface area contributed by atoms with Crippen LogP contribution in [0.1, 0.15) is 11.1 Å². The molecule has 0 aromatic heterocycles. The minimum absolute atomic E-state index is 0.0905. The number of hydrogen-bond donors (Lipinski definition) is 0. The molecule has 0 unspecified atom stereocenters. The maximum atomic E-state index is 12.6. The van der Waals surface area contributed by atoms with Gasteiger partial charge in [0.2, 0.25) is 6.10 Å². The Morgan fingerprint density at radius 3 is 2.40 bits per heavy atom. The molecule has 25 heavy (non-hydrogen) atoms. The molecule has 1 aliphatic rings. The van der Waals surface area contributed by atoms with E-state index < -0.39 is 17.8 Å². The molecule has 0 aliphatic carbocycles. The summed E-state index contributed by atoms with van der Waals surface area (Å²) in [7, 11) is 1.57. The summed E-state index contributed by atoms with van der Waals surface area (Å²) in [6.45, 7) is 0.270. The van der Waals surface area contributed by atoms with Crippen molar-refractivity contribution in [3.8, 4) is 11.5 Å². The number of para-hydroxylation sites is 2. The third-order valence-electron chi connectivity index (χ3n) is 3.86. The molecule has 0 saturated carbocycles. The predicted molar refractivity (Wildman–Crippen MR) is 84.3 cm³/mol. The lowest BCUT2D eigenvalue weighted by Gasteiger charge is -2.28. The van der Waals surface area contributed by atoms with Gasteiger partial charge in [-0.25, -0.2) is 0 Å². The fourth-order valence-electron chi connectivity index (χ4n) is 2.54. The second kappa shape index (κ2) is 6.66. The molecular formula is C18H16F3NO3. The normalized spacial score (nSPS) is 16.4. The SMILES string of the molecule is CN(Cc1ccc(C(F)(F)F)cc1)C(=O)[C@@H]1COc2ccccc2O1. The van der Waals surface area contributed by atoms with Crippen molar-refractivity contribution < 1.29 is 27.4 Å². The standard InChI is InChI=1S/C18H16F3NO3/c1-22(10-12-6-8-13(9-7-12)18(19,20)21)17(23)16-11-24-14-4-2-3-5-15(14)25-16/h2-9,16H,10-11H2,1H3/t16-/m0/s1. The zero-order valence-corrected chi connectivity index (χ0v) is 13.4. The average Bonchev–Trinajstić information content (AvgIpc) is 2.60. The van der Waals surface area contributed by atoms with Gasteiger partial charge in [-0.1, -0.05) is 24.3 Å². The van der Waals surface area contributed by atoms with Gasteiger partial charge in [0.1, 0.15) is 6.61 Å². The number of halogens is 3. The molecule has 132 valence electrons. The first-order valence-electron chi connectivity index (χ1n) is 7.64. The van der Waals surface area contributed by atoms with Crippen molar-refractivity contribution in [1.29, 1.82) is 0 Å². The molecule has 2 aromatic carbocycles. The molecule has 0 radical (unpaired) electrons. The van der Waals surface area contributed by atoms with Gasteiger partial charge in [-0.15, -0.1) is 0 Å². The van der Waals surface area contributed by atoms with Crippen LogP contribution in [0.3, 0.4) is 0 Å². The lowest BCUT2D eigenvalue weighted by molar-refractivity contribution is -0.140. The van der Waals surface area contributed by atoms with Gasteiger partial charge >= 0.3 is 6.18 Å². The lowest BCUT2D eigenvalue weighted by atomic mass is 10.1. The quantitative estimate of drug-likeness (QED) is 0.850. The molecule has 1 heterocycles. The molecule has 1 amide bonds. The van der Waals surface area contributed by atoms with Gasteiger partial charge in [0.15, 0.2) is 11.5 Å². The van der Waals surface area contributed by atoms with Crippen molar-refractivity contribution in [2.24, 2.45) is 0 Å². The second-order valence-electron chi connectivity index (χ2n) is 5.75. The van der Waals surface area contributed by atoms with Gasteiger partial charge < -0.3 is 14.4 Å². The summed E-state index contributed by atoms with van der Waals surface area (Å²) >= 11 is 0. The Bertz CT molecular complexity index is 759. The summed E-state index contributed by atoms with van der Waals surface area (Å²) in [6, 6.07) is 11.8. The lowest BCUT2D eigenvalue weighted by Crippen LogP contribution is -2.44. The van der Waals surface area contributed by atoms with Gasteiger partial charge in [0.05, 0.1) is 5.56 Å². The summed E-state index contributed by atoms with van der Waals surface area (Å²) in [4.78, 5) is 13.9. The molecular weight excluding hydrogens is 335 g/mol. The summed E-state index contributed by atoms with van der Waals surface area (Å²) in [5.41, 5.74) is -0.119. The number of nitrogens with zero attached hydrogens (tertiary/aromatic N) is 1. The predicted octanol–water partition coefficient (Wildman–Crippen LogP) is 3.50. The smallest absolute Gasteiger partial charge is 0.416 e. The number of amides is 1. The van der Waals surface area contributed by atoms with Crippen LogP contribution in [0.15, 0.2) is 48.5 Å². The Kier molecular flexibility index (Phi) is 4.57. The van der Waals surface area contributed by atoms with Crippen LogP contribution < -0.4 is 9.47 Å². The fourth-order valence-corrected chi connectivity index (χ4v) is 2.54. The summed E-state index contributed by atoms with van der Waals surface area (Å²) in [5.74, 6) is 0.779. The van der Waals surface area contributed by atoms with Crippen LogP contribution in [-0.2, 0) is 17.5 Å². The number of alkyl halides is 3. The first kappa shape index (κ1) is 17.1. The van der Waals surface area contributed by atoms with Crippen LogP contribution in [0.25, 0.3) is 0 Å². The van der Waals surface area contributed by atoms with Crippen molar-refractivity contribution >= 4 is 5.91 Å². The second-order valence-corrected chi connectivity index (χ2v) is 5.75. The van der Waals surface area contributed by atoms with Crippen LogP contribution in [0.2, 0.25) is 0 Å².